The number of piperidine rings is 1. The molecular formula is C18H34N2O2S. The highest BCUT2D eigenvalue weighted by Gasteiger charge is 2.27. The Kier molecular flexibility index (Phi) is 7.70. The van der Waals surface area contributed by atoms with E-state index in [9.17, 15) is 4.79 Å². The van der Waals surface area contributed by atoms with Crippen LogP contribution in [0.3, 0.4) is 0 Å². The van der Waals surface area contributed by atoms with Gasteiger partial charge in [-0.1, -0.05) is 6.92 Å². The van der Waals surface area contributed by atoms with Gasteiger partial charge in [0.15, 0.2) is 0 Å². The van der Waals surface area contributed by atoms with Crippen LogP contribution < -0.4 is 0 Å². The van der Waals surface area contributed by atoms with E-state index in [0.29, 0.717) is 18.1 Å². The number of nitrogens with zero attached hydrogens (tertiary/aromatic N) is 2. The zero-order chi connectivity index (χ0) is 16.8. The Morgan fingerprint density at radius 3 is 2.39 bits per heavy atom. The largest absolute Gasteiger partial charge is 0.373 e. The van der Waals surface area contributed by atoms with E-state index >= 15 is 0 Å². The molecule has 2 aliphatic heterocycles. The van der Waals surface area contributed by atoms with Gasteiger partial charge in [-0.05, 0) is 51.8 Å². The molecule has 2 aliphatic rings. The minimum absolute atomic E-state index is 0.165. The highest BCUT2D eigenvalue weighted by molar-refractivity contribution is 7.98. The molecule has 0 aromatic carbocycles. The first-order valence-corrected chi connectivity index (χ1v) is 10.5. The van der Waals surface area contributed by atoms with Gasteiger partial charge >= 0.3 is 0 Å². The van der Waals surface area contributed by atoms with Crippen LogP contribution in [0.15, 0.2) is 0 Å². The van der Waals surface area contributed by atoms with Crippen molar-refractivity contribution in [2.45, 2.75) is 52.2 Å². The van der Waals surface area contributed by atoms with Gasteiger partial charge in [0.05, 0.1) is 12.2 Å². The summed E-state index contributed by atoms with van der Waals surface area (Å²) in [6, 6.07) is 0. The Hall–Kier alpha value is -0.260. The smallest absolute Gasteiger partial charge is 0.226 e. The second-order valence-corrected chi connectivity index (χ2v) is 8.34. The fourth-order valence-electron chi connectivity index (χ4n) is 3.91. The maximum Gasteiger partial charge on any atom is 0.226 e. The minimum Gasteiger partial charge on any atom is -0.373 e. The monoisotopic (exact) mass is 342 g/mol. The number of thioether (sulfide) groups is 1. The first-order valence-electron chi connectivity index (χ1n) is 9.15. The number of morpholine rings is 1. The van der Waals surface area contributed by atoms with Gasteiger partial charge in [-0.2, -0.15) is 11.8 Å². The van der Waals surface area contributed by atoms with Gasteiger partial charge in [0.25, 0.3) is 0 Å². The molecule has 3 unspecified atom stereocenters. The van der Waals surface area contributed by atoms with Crippen LogP contribution in [0, 0.1) is 11.8 Å². The molecular weight excluding hydrogens is 308 g/mol. The Bertz CT molecular complexity index is 362. The molecule has 0 bridgehead atoms. The van der Waals surface area contributed by atoms with Gasteiger partial charge in [-0.25, -0.2) is 0 Å². The van der Waals surface area contributed by atoms with E-state index in [1.165, 1.54) is 25.8 Å². The van der Waals surface area contributed by atoms with Crippen molar-refractivity contribution in [3.05, 3.63) is 0 Å². The molecule has 0 aliphatic carbocycles. The molecule has 2 rings (SSSR count). The molecule has 0 spiro atoms. The summed E-state index contributed by atoms with van der Waals surface area (Å²) in [4.78, 5) is 17.0. The Morgan fingerprint density at radius 2 is 1.83 bits per heavy atom. The standard InChI is InChI=1S/C18H34N2O2S/c1-14(13-23-4)18(21)20-9-6-17(7-10-20)5-8-19-11-15(2)22-16(3)12-19/h14-17H,5-13H2,1-4H3. The molecule has 0 aromatic rings. The molecule has 134 valence electrons. The van der Waals surface area contributed by atoms with Gasteiger partial charge in [-0.15, -0.1) is 0 Å². The molecule has 0 aromatic heterocycles. The summed E-state index contributed by atoms with van der Waals surface area (Å²) in [6.07, 6.45) is 6.40. The molecule has 0 radical (unpaired) electrons. The third-order valence-corrected chi connectivity index (χ3v) is 5.95. The van der Waals surface area contributed by atoms with Gasteiger partial charge in [0.1, 0.15) is 0 Å². The summed E-state index contributed by atoms with van der Waals surface area (Å²) in [5.74, 6) is 2.24. The Morgan fingerprint density at radius 1 is 1.22 bits per heavy atom. The Labute approximate surface area is 146 Å². The predicted molar refractivity (Wildman–Crippen MR) is 97.9 cm³/mol. The lowest BCUT2D eigenvalue weighted by Gasteiger charge is -2.37. The lowest BCUT2D eigenvalue weighted by Crippen LogP contribution is -2.46. The van der Waals surface area contributed by atoms with E-state index in [1.807, 2.05) is 0 Å². The lowest BCUT2D eigenvalue weighted by atomic mass is 9.92. The summed E-state index contributed by atoms with van der Waals surface area (Å²) in [5.41, 5.74) is 0. The normalized spacial score (nSPS) is 28.8. The molecule has 1 amide bonds. The van der Waals surface area contributed by atoms with Crippen LogP contribution in [0.1, 0.15) is 40.0 Å². The molecule has 2 saturated heterocycles. The summed E-state index contributed by atoms with van der Waals surface area (Å²) < 4.78 is 5.80. The zero-order valence-corrected chi connectivity index (χ0v) is 16.1. The highest BCUT2D eigenvalue weighted by Crippen LogP contribution is 2.23. The van der Waals surface area contributed by atoms with Crippen molar-refractivity contribution >= 4 is 17.7 Å². The van der Waals surface area contributed by atoms with E-state index in [1.54, 1.807) is 11.8 Å². The van der Waals surface area contributed by atoms with Crippen molar-refractivity contribution in [2.24, 2.45) is 11.8 Å². The third-order valence-electron chi connectivity index (χ3n) is 5.11. The molecule has 4 nitrogen and oxygen atoms in total. The number of ether oxygens (including phenoxy) is 1. The van der Waals surface area contributed by atoms with Crippen molar-refractivity contribution in [1.29, 1.82) is 0 Å². The van der Waals surface area contributed by atoms with Crippen molar-refractivity contribution < 1.29 is 9.53 Å². The van der Waals surface area contributed by atoms with E-state index < -0.39 is 0 Å². The average Bonchev–Trinajstić information content (AvgIpc) is 2.52. The van der Waals surface area contributed by atoms with Crippen LogP contribution in [0.5, 0.6) is 0 Å². The number of hydrogen-bond donors (Lipinski definition) is 0. The number of likely N-dealkylation sites (tertiary alicyclic amines) is 1. The highest BCUT2D eigenvalue weighted by atomic mass is 32.2. The Balaban J connectivity index is 1.67. The molecule has 2 fully saturated rings. The first kappa shape index (κ1) is 19.1. The fraction of sp³-hybridized carbons (Fsp3) is 0.944. The molecule has 23 heavy (non-hydrogen) atoms. The first-order chi connectivity index (χ1) is 11.0. The molecule has 0 N–H and O–H groups in total. The van der Waals surface area contributed by atoms with Crippen molar-refractivity contribution in [2.75, 3.05) is 44.7 Å². The van der Waals surface area contributed by atoms with E-state index in [-0.39, 0.29) is 5.92 Å². The van der Waals surface area contributed by atoms with Crippen LogP contribution in [0.25, 0.3) is 0 Å². The van der Waals surface area contributed by atoms with Gasteiger partial charge in [-0.3, -0.25) is 9.69 Å². The van der Waals surface area contributed by atoms with Crippen LogP contribution in [0.4, 0.5) is 0 Å². The molecule has 0 saturated carbocycles. The topological polar surface area (TPSA) is 32.8 Å². The van der Waals surface area contributed by atoms with E-state index in [0.717, 1.165) is 37.8 Å². The van der Waals surface area contributed by atoms with Gasteiger partial charge in [0, 0.05) is 37.8 Å². The molecule has 3 atom stereocenters. The summed E-state index contributed by atoms with van der Waals surface area (Å²) in [5, 5.41) is 0. The predicted octanol–water partition coefficient (Wildman–Crippen LogP) is 2.72. The number of hydrogen-bond acceptors (Lipinski definition) is 4. The van der Waals surface area contributed by atoms with Gasteiger partial charge in [0.2, 0.25) is 5.91 Å². The minimum atomic E-state index is 0.165. The van der Waals surface area contributed by atoms with Crippen LogP contribution in [-0.2, 0) is 9.53 Å². The zero-order valence-electron chi connectivity index (χ0n) is 15.3. The maximum absolute atomic E-state index is 12.4. The third kappa shape index (κ3) is 5.95. The number of carbonyl (C=O) groups excluding carboxylic acids is 1. The SMILES string of the molecule is CSCC(C)C(=O)N1CCC(CCN2CC(C)OC(C)C2)CC1. The maximum atomic E-state index is 12.4. The molecule has 5 heteroatoms. The quantitative estimate of drug-likeness (QED) is 0.743. The van der Waals surface area contributed by atoms with Crippen LogP contribution in [-0.4, -0.2) is 72.6 Å². The van der Waals surface area contributed by atoms with Crippen molar-refractivity contribution in [1.82, 2.24) is 9.80 Å². The molecule has 2 heterocycles. The second-order valence-electron chi connectivity index (χ2n) is 7.43. The summed E-state index contributed by atoms with van der Waals surface area (Å²) in [6.45, 7) is 11.6. The van der Waals surface area contributed by atoms with Crippen molar-refractivity contribution in [3.63, 3.8) is 0 Å². The van der Waals surface area contributed by atoms with E-state index in [4.69, 9.17) is 4.74 Å². The van der Waals surface area contributed by atoms with Crippen LogP contribution in [0.2, 0.25) is 0 Å². The number of carbonyl (C=O) groups is 1. The van der Waals surface area contributed by atoms with Crippen LogP contribution >= 0.6 is 11.8 Å². The second kappa shape index (κ2) is 9.28. The fourth-order valence-corrected chi connectivity index (χ4v) is 4.55. The number of amides is 1. The van der Waals surface area contributed by atoms with Crippen molar-refractivity contribution in [3.8, 4) is 0 Å². The van der Waals surface area contributed by atoms with Gasteiger partial charge < -0.3 is 9.64 Å². The lowest BCUT2D eigenvalue weighted by molar-refractivity contribution is -0.135. The number of rotatable bonds is 6. The average molecular weight is 343 g/mol. The van der Waals surface area contributed by atoms with E-state index in [2.05, 4.69) is 36.8 Å². The summed E-state index contributed by atoms with van der Waals surface area (Å²) in [7, 11) is 0. The summed E-state index contributed by atoms with van der Waals surface area (Å²) >= 11 is 1.76.